The molecule has 3 rings (SSSR count). The number of hydrogen-bond acceptors (Lipinski definition) is 3. The summed E-state index contributed by atoms with van der Waals surface area (Å²) >= 11 is 0. The maximum Gasteiger partial charge on any atom is 0.416 e. The highest BCUT2D eigenvalue weighted by molar-refractivity contribution is 6.06. The van der Waals surface area contributed by atoms with Crippen LogP contribution < -0.4 is 10.6 Å². The highest BCUT2D eigenvalue weighted by atomic mass is 19.4. The van der Waals surface area contributed by atoms with Crippen LogP contribution in [0.25, 0.3) is 5.57 Å². The van der Waals surface area contributed by atoms with Crippen molar-refractivity contribution in [2.24, 2.45) is 4.99 Å². The summed E-state index contributed by atoms with van der Waals surface area (Å²) in [5.41, 5.74) is 2.66. The van der Waals surface area contributed by atoms with E-state index < -0.39 is 17.6 Å². The number of benzene rings is 2. The van der Waals surface area contributed by atoms with Crippen LogP contribution in [-0.4, -0.2) is 18.0 Å². The molecule has 0 saturated heterocycles. The lowest BCUT2D eigenvalue weighted by Crippen LogP contribution is -2.14. The summed E-state index contributed by atoms with van der Waals surface area (Å²) in [5.74, 6) is -0.949. The van der Waals surface area contributed by atoms with E-state index in [0.29, 0.717) is 16.8 Å². The van der Waals surface area contributed by atoms with Crippen molar-refractivity contribution >= 4 is 35.0 Å². The van der Waals surface area contributed by atoms with Crippen LogP contribution in [0.4, 0.5) is 24.5 Å². The van der Waals surface area contributed by atoms with E-state index in [-0.39, 0.29) is 17.2 Å². The molecule has 0 saturated carbocycles. The number of aliphatic imine (C=N–C) groups is 1. The van der Waals surface area contributed by atoms with Crippen molar-refractivity contribution in [2.45, 2.75) is 13.1 Å². The van der Waals surface area contributed by atoms with Crippen LogP contribution in [-0.2, 0) is 15.8 Å². The van der Waals surface area contributed by atoms with E-state index in [1.807, 2.05) is 12.1 Å². The first kappa shape index (κ1) is 30.3. The van der Waals surface area contributed by atoms with Crippen LogP contribution in [0.15, 0.2) is 144 Å². The molecule has 8 heteroatoms. The van der Waals surface area contributed by atoms with E-state index in [9.17, 15) is 22.8 Å². The number of nitrogens with one attached hydrogen (secondary N) is 2. The molecule has 208 valence electrons. The predicted molar refractivity (Wildman–Crippen MR) is 160 cm³/mol. The van der Waals surface area contributed by atoms with E-state index >= 15 is 0 Å². The summed E-state index contributed by atoms with van der Waals surface area (Å²) in [7, 11) is 0. The lowest BCUT2D eigenvalue weighted by Gasteiger charge is -2.14. The van der Waals surface area contributed by atoms with Crippen molar-refractivity contribution < 1.29 is 22.8 Å². The molecule has 0 atom stereocenters. The van der Waals surface area contributed by atoms with Crippen LogP contribution >= 0.6 is 0 Å². The molecule has 0 aliphatic heterocycles. The van der Waals surface area contributed by atoms with Gasteiger partial charge in [-0.15, -0.1) is 0 Å². The Morgan fingerprint density at radius 1 is 0.902 bits per heavy atom. The number of hydrogen-bond donors (Lipinski definition) is 2. The number of carbonyl (C=O) groups is 2. The zero-order valence-corrected chi connectivity index (χ0v) is 22.3. The smallest absolute Gasteiger partial charge is 0.323 e. The van der Waals surface area contributed by atoms with E-state index in [1.54, 1.807) is 80.1 Å². The minimum atomic E-state index is -4.53. The Morgan fingerprint density at radius 3 is 2.34 bits per heavy atom. The molecule has 0 aromatic heterocycles. The molecule has 2 aromatic carbocycles. The Morgan fingerprint density at radius 2 is 1.63 bits per heavy atom. The second-order valence-corrected chi connectivity index (χ2v) is 8.58. The van der Waals surface area contributed by atoms with E-state index in [2.05, 4.69) is 28.8 Å². The third-order valence-corrected chi connectivity index (χ3v) is 5.69. The van der Waals surface area contributed by atoms with Crippen LogP contribution in [0, 0.1) is 0 Å². The van der Waals surface area contributed by atoms with Crippen molar-refractivity contribution in [3.05, 3.63) is 150 Å². The molecule has 0 unspecified atom stereocenters. The summed E-state index contributed by atoms with van der Waals surface area (Å²) in [6.07, 6.45) is 13.4. The maximum absolute atomic E-state index is 13.1. The number of anilines is 2. The lowest BCUT2D eigenvalue weighted by atomic mass is 9.92. The zero-order chi connectivity index (χ0) is 29.8. The number of rotatable bonds is 6. The fourth-order valence-electron chi connectivity index (χ4n) is 3.67. The molecular weight excluding hydrogens is 527 g/mol. The standard InChI is InChI=1S/C33H28F3N3O2/c1-4-31(40)38-28-17-9-15-25(20-28)30-19-10-14-24(12-7-6-8-13-26(23(30)3)22-37-5-2)32(41)39-29-18-11-16-27(21-29)33(34,35)36/h4-22H,1,3H2,2H3,(H,38,40)(H,39,41)/b7-6+,13-8+,14-10-,24-12+,26-22-,30-19+,37-5?. The maximum atomic E-state index is 13.1. The normalized spacial score (nSPS) is 20.0. The fraction of sp³-hybridized carbons (Fsp3) is 0.0606. The van der Waals surface area contributed by atoms with Crippen molar-refractivity contribution in [1.29, 1.82) is 0 Å². The summed E-state index contributed by atoms with van der Waals surface area (Å²) < 4.78 is 39.4. The van der Waals surface area contributed by atoms with Gasteiger partial charge < -0.3 is 10.6 Å². The van der Waals surface area contributed by atoms with Crippen molar-refractivity contribution in [1.82, 2.24) is 0 Å². The van der Waals surface area contributed by atoms with E-state index in [4.69, 9.17) is 0 Å². The summed E-state index contributed by atoms with van der Waals surface area (Å²) in [6, 6.07) is 11.6. The molecule has 2 aromatic rings. The number of halogens is 3. The predicted octanol–water partition coefficient (Wildman–Crippen LogP) is 7.99. The van der Waals surface area contributed by atoms with Gasteiger partial charge in [0.1, 0.15) is 0 Å². The van der Waals surface area contributed by atoms with Gasteiger partial charge in [0.05, 0.1) is 5.56 Å². The van der Waals surface area contributed by atoms with Gasteiger partial charge in [0, 0.05) is 29.4 Å². The Bertz CT molecular complexity index is 1550. The van der Waals surface area contributed by atoms with Crippen molar-refractivity contribution in [3.8, 4) is 0 Å². The average Bonchev–Trinajstić information content (AvgIpc) is 2.94. The van der Waals surface area contributed by atoms with E-state index in [1.165, 1.54) is 18.2 Å². The molecule has 0 spiro atoms. The van der Waals surface area contributed by atoms with Gasteiger partial charge in [-0.05, 0) is 77.8 Å². The number of nitrogens with zero attached hydrogens (tertiary/aromatic N) is 1. The molecule has 0 radical (unpaired) electrons. The molecule has 1 aliphatic rings. The number of allylic oxidation sites excluding steroid dienone is 10. The first-order chi connectivity index (χ1) is 19.6. The summed E-state index contributed by atoms with van der Waals surface area (Å²) in [5, 5.41) is 5.26. The van der Waals surface area contributed by atoms with Crippen LogP contribution in [0.2, 0.25) is 0 Å². The minimum absolute atomic E-state index is 0.0170. The van der Waals surface area contributed by atoms with Crippen LogP contribution in [0.3, 0.4) is 0 Å². The molecule has 2 N–H and O–H groups in total. The molecule has 5 nitrogen and oxygen atoms in total. The molecular formula is C33H28F3N3O2. The SMILES string of the molecule is C=CC(=O)Nc1cccc(/C2=C/C=C\C(C(=O)Nc3cccc(C(F)(F)F)c3)=C/C=C/C=C/C(=C/N=CC)C2=C)c1. The molecule has 1 aliphatic carbocycles. The summed E-state index contributed by atoms with van der Waals surface area (Å²) in [4.78, 5) is 29.1. The van der Waals surface area contributed by atoms with Gasteiger partial charge in [-0.3, -0.25) is 14.6 Å². The largest absolute Gasteiger partial charge is 0.416 e. The lowest BCUT2D eigenvalue weighted by molar-refractivity contribution is -0.137. The first-order valence-corrected chi connectivity index (χ1v) is 12.5. The van der Waals surface area contributed by atoms with Gasteiger partial charge in [0.25, 0.3) is 5.91 Å². The Kier molecular flexibility index (Phi) is 10.5. The van der Waals surface area contributed by atoms with Gasteiger partial charge >= 0.3 is 6.18 Å². The Hall–Kier alpha value is -5.24. The van der Waals surface area contributed by atoms with Crippen molar-refractivity contribution in [3.63, 3.8) is 0 Å². The van der Waals surface area contributed by atoms with Gasteiger partial charge in [-0.2, -0.15) is 13.2 Å². The fourth-order valence-corrected chi connectivity index (χ4v) is 3.67. The number of alkyl halides is 3. The third kappa shape index (κ3) is 8.90. The Balaban J connectivity index is 2.04. The topological polar surface area (TPSA) is 70.6 Å². The zero-order valence-electron chi connectivity index (χ0n) is 22.3. The molecule has 41 heavy (non-hydrogen) atoms. The molecule has 2 amide bonds. The highest BCUT2D eigenvalue weighted by Crippen LogP contribution is 2.32. The van der Waals surface area contributed by atoms with Gasteiger partial charge in [0.15, 0.2) is 0 Å². The molecule has 0 fully saturated rings. The Labute approximate surface area is 236 Å². The number of carbonyl (C=O) groups excluding carboxylic acids is 2. The molecule has 0 heterocycles. The second kappa shape index (κ2) is 14.2. The van der Waals surface area contributed by atoms with Gasteiger partial charge in [-0.25, -0.2) is 0 Å². The van der Waals surface area contributed by atoms with Crippen LogP contribution in [0.1, 0.15) is 18.1 Å². The summed E-state index contributed by atoms with van der Waals surface area (Å²) in [6.45, 7) is 9.53. The van der Waals surface area contributed by atoms with Crippen LogP contribution in [0.5, 0.6) is 0 Å². The third-order valence-electron chi connectivity index (χ3n) is 5.69. The monoisotopic (exact) mass is 555 g/mol. The average molecular weight is 556 g/mol. The second-order valence-electron chi connectivity index (χ2n) is 8.58. The van der Waals surface area contributed by atoms with Crippen molar-refractivity contribution in [2.75, 3.05) is 10.6 Å². The minimum Gasteiger partial charge on any atom is -0.323 e. The van der Waals surface area contributed by atoms with Gasteiger partial charge in [-0.1, -0.05) is 67.8 Å². The highest BCUT2D eigenvalue weighted by Gasteiger charge is 2.30. The van der Waals surface area contributed by atoms with E-state index in [0.717, 1.165) is 23.3 Å². The first-order valence-electron chi connectivity index (χ1n) is 12.5. The van der Waals surface area contributed by atoms with Gasteiger partial charge in [0.2, 0.25) is 5.91 Å². The number of amides is 2. The molecule has 0 bridgehead atoms. The quantitative estimate of drug-likeness (QED) is 0.280.